The molecule has 4 heteroatoms. The van der Waals surface area contributed by atoms with Gasteiger partial charge in [-0.15, -0.1) is 0 Å². The van der Waals surface area contributed by atoms with E-state index in [1.807, 2.05) is 0 Å². The second-order valence-corrected chi connectivity index (χ2v) is 3.65. The summed E-state index contributed by atoms with van der Waals surface area (Å²) < 4.78 is 12.0. The van der Waals surface area contributed by atoms with Gasteiger partial charge < -0.3 is 5.11 Å². The van der Waals surface area contributed by atoms with Crippen LogP contribution in [0, 0.1) is 0 Å². The van der Waals surface area contributed by atoms with Crippen LogP contribution in [0.2, 0.25) is 5.02 Å². The van der Waals surface area contributed by atoms with E-state index in [1.165, 1.54) is 0 Å². The van der Waals surface area contributed by atoms with Crippen LogP contribution in [0.5, 0.6) is 0 Å². The highest BCUT2D eigenvalue weighted by atomic mass is 35.5. The summed E-state index contributed by atoms with van der Waals surface area (Å²) in [6.45, 7) is -0.506. The molecule has 1 unspecified atom stereocenters. The predicted molar refractivity (Wildman–Crippen MR) is 57.0 cm³/mol. The van der Waals surface area contributed by atoms with Crippen molar-refractivity contribution < 1.29 is 14.3 Å². The average molecular weight is 231 g/mol. The molecule has 0 aliphatic carbocycles. The lowest BCUT2D eigenvalue weighted by molar-refractivity contribution is -0.139. The number of hydrogen-bond donors (Lipinski definition) is 1. The van der Waals surface area contributed by atoms with Gasteiger partial charge in [0.25, 0.3) is 0 Å². The summed E-state index contributed by atoms with van der Waals surface area (Å²) in [5, 5.41) is 9.42. The molecule has 0 heterocycles. The van der Waals surface area contributed by atoms with Gasteiger partial charge in [0.05, 0.1) is 12.6 Å². The minimum atomic E-state index is -0.962. The zero-order valence-electron chi connectivity index (χ0n) is 8.12. The van der Waals surface area contributed by atoms with Gasteiger partial charge in [0, 0.05) is 5.02 Å². The van der Waals surface area contributed by atoms with Crippen molar-refractivity contribution in [2.24, 2.45) is 0 Å². The van der Waals surface area contributed by atoms with E-state index in [0.29, 0.717) is 10.6 Å². The van der Waals surface area contributed by atoms with Crippen molar-refractivity contribution in [3.8, 4) is 0 Å². The third-order valence-corrected chi connectivity index (χ3v) is 2.55. The first-order valence-electron chi connectivity index (χ1n) is 4.70. The predicted octanol–water partition coefficient (Wildman–Crippen LogP) is 3.26. The van der Waals surface area contributed by atoms with E-state index in [-0.39, 0.29) is 12.8 Å². The summed E-state index contributed by atoms with van der Waals surface area (Å²) in [6, 6.07) is 6.77. The second-order valence-electron chi connectivity index (χ2n) is 3.24. The van der Waals surface area contributed by atoms with Crippen molar-refractivity contribution in [2.45, 2.75) is 18.8 Å². The first-order valence-corrected chi connectivity index (χ1v) is 5.07. The molecule has 1 N–H and O–H groups in total. The smallest absolute Gasteiger partial charge is 0.311 e. The van der Waals surface area contributed by atoms with Crippen LogP contribution in [-0.4, -0.2) is 17.8 Å². The Bertz CT molecular complexity index is 341. The van der Waals surface area contributed by atoms with Gasteiger partial charge in [-0.05, 0) is 24.5 Å². The molecule has 0 radical (unpaired) electrons. The highest BCUT2D eigenvalue weighted by molar-refractivity contribution is 6.31. The van der Waals surface area contributed by atoms with Crippen molar-refractivity contribution in [1.82, 2.24) is 0 Å². The Labute approximate surface area is 92.7 Å². The number of carbonyl (C=O) groups is 1. The topological polar surface area (TPSA) is 37.3 Å². The molecule has 82 valence electrons. The average Bonchev–Trinajstić information content (AvgIpc) is 2.20. The molecule has 1 rings (SSSR count). The van der Waals surface area contributed by atoms with E-state index in [2.05, 4.69) is 0 Å². The molecule has 0 saturated carbocycles. The Kier molecular flexibility index (Phi) is 4.56. The molecule has 0 spiro atoms. The van der Waals surface area contributed by atoms with Gasteiger partial charge in [-0.25, -0.2) is 0 Å². The zero-order chi connectivity index (χ0) is 11.3. The van der Waals surface area contributed by atoms with Crippen molar-refractivity contribution >= 4 is 17.6 Å². The molecule has 0 aromatic heterocycles. The third-order valence-electron chi connectivity index (χ3n) is 2.21. The van der Waals surface area contributed by atoms with Crippen molar-refractivity contribution in [3.05, 3.63) is 34.9 Å². The van der Waals surface area contributed by atoms with E-state index in [9.17, 15) is 9.18 Å². The van der Waals surface area contributed by atoms with E-state index < -0.39 is 18.6 Å². The molecule has 15 heavy (non-hydrogen) atoms. The summed E-state index contributed by atoms with van der Waals surface area (Å²) in [5.74, 6) is -1.67. The van der Waals surface area contributed by atoms with Gasteiger partial charge in [-0.3, -0.25) is 9.18 Å². The van der Waals surface area contributed by atoms with Crippen LogP contribution in [0.25, 0.3) is 0 Å². The van der Waals surface area contributed by atoms with Gasteiger partial charge in [-0.1, -0.05) is 29.8 Å². The Balaban J connectivity index is 2.89. The first-order chi connectivity index (χ1) is 7.16. The van der Waals surface area contributed by atoms with Gasteiger partial charge in [-0.2, -0.15) is 0 Å². The number of aliphatic carboxylic acids is 1. The monoisotopic (exact) mass is 230 g/mol. The Hall–Kier alpha value is -1.09. The second kappa shape index (κ2) is 5.71. The van der Waals surface area contributed by atoms with Gasteiger partial charge >= 0.3 is 5.97 Å². The van der Waals surface area contributed by atoms with Crippen LogP contribution >= 0.6 is 11.6 Å². The minimum absolute atomic E-state index is 0.238. The maximum Gasteiger partial charge on any atom is 0.311 e. The van der Waals surface area contributed by atoms with Crippen LogP contribution < -0.4 is 0 Å². The molecule has 0 saturated heterocycles. The zero-order valence-corrected chi connectivity index (χ0v) is 8.88. The quantitative estimate of drug-likeness (QED) is 0.843. The van der Waals surface area contributed by atoms with Crippen molar-refractivity contribution in [3.63, 3.8) is 0 Å². The number of carboxylic acid groups (broad SMARTS) is 1. The number of alkyl halides is 1. The molecule has 1 aromatic rings. The molecule has 0 bridgehead atoms. The lowest BCUT2D eigenvalue weighted by Crippen LogP contribution is -2.12. The first kappa shape index (κ1) is 12.0. The van der Waals surface area contributed by atoms with Crippen LogP contribution in [0.15, 0.2) is 24.3 Å². The molecule has 2 nitrogen and oxygen atoms in total. The maximum atomic E-state index is 12.0. The van der Waals surface area contributed by atoms with E-state index in [0.717, 1.165) is 0 Å². The van der Waals surface area contributed by atoms with E-state index in [4.69, 9.17) is 16.7 Å². The Morgan fingerprint density at radius 3 is 2.67 bits per heavy atom. The lowest BCUT2D eigenvalue weighted by atomic mass is 9.94. The minimum Gasteiger partial charge on any atom is -0.481 e. The fourth-order valence-electron chi connectivity index (χ4n) is 1.45. The Morgan fingerprint density at radius 2 is 2.13 bits per heavy atom. The van der Waals surface area contributed by atoms with Crippen LogP contribution in [0.1, 0.15) is 24.3 Å². The summed E-state index contributed by atoms with van der Waals surface area (Å²) in [7, 11) is 0. The SMILES string of the molecule is O=C(O)C(CCCF)c1ccccc1Cl. The maximum absolute atomic E-state index is 12.0. The molecule has 1 atom stereocenters. The highest BCUT2D eigenvalue weighted by Gasteiger charge is 2.21. The standard InChI is InChI=1S/C11H12ClFO2/c12-10-6-2-1-4-8(10)9(11(14)15)5-3-7-13/h1-2,4,6,9H,3,5,7H2,(H,14,15). The molecule has 1 aromatic carbocycles. The highest BCUT2D eigenvalue weighted by Crippen LogP contribution is 2.28. The van der Waals surface area contributed by atoms with Gasteiger partial charge in [0.15, 0.2) is 0 Å². The molecule has 0 amide bonds. The fourth-order valence-corrected chi connectivity index (χ4v) is 1.72. The number of hydrogen-bond acceptors (Lipinski definition) is 1. The molecule has 0 fully saturated rings. The molecule has 0 aliphatic heterocycles. The molecular weight excluding hydrogens is 219 g/mol. The van der Waals surface area contributed by atoms with Gasteiger partial charge in [0.1, 0.15) is 0 Å². The normalized spacial score (nSPS) is 12.4. The molecular formula is C11H12ClFO2. The third kappa shape index (κ3) is 3.20. The lowest BCUT2D eigenvalue weighted by Gasteiger charge is -2.13. The van der Waals surface area contributed by atoms with Crippen LogP contribution in [0.4, 0.5) is 4.39 Å². The fraction of sp³-hybridized carbons (Fsp3) is 0.364. The number of halogens is 2. The summed E-state index contributed by atoms with van der Waals surface area (Å²) >= 11 is 5.88. The molecule has 0 aliphatic rings. The number of benzene rings is 1. The Morgan fingerprint density at radius 1 is 1.47 bits per heavy atom. The van der Waals surface area contributed by atoms with E-state index in [1.54, 1.807) is 24.3 Å². The van der Waals surface area contributed by atoms with E-state index >= 15 is 0 Å². The van der Waals surface area contributed by atoms with Crippen LogP contribution in [-0.2, 0) is 4.79 Å². The van der Waals surface area contributed by atoms with Crippen molar-refractivity contribution in [2.75, 3.05) is 6.67 Å². The van der Waals surface area contributed by atoms with Crippen LogP contribution in [0.3, 0.4) is 0 Å². The number of carboxylic acids is 1. The van der Waals surface area contributed by atoms with Gasteiger partial charge in [0.2, 0.25) is 0 Å². The summed E-state index contributed by atoms with van der Waals surface area (Å²) in [5.41, 5.74) is 0.556. The number of rotatable bonds is 5. The van der Waals surface area contributed by atoms with Crippen molar-refractivity contribution in [1.29, 1.82) is 0 Å². The largest absolute Gasteiger partial charge is 0.481 e. The summed E-state index contributed by atoms with van der Waals surface area (Å²) in [4.78, 5) is 11.0. The summed E-state index contributed by atoms with van der Waals surface area (Å²) in [6.07, 6.45) is 0.512.